The standard InChI is InChI=1S/C16H24N2S/c1-3-5-6-10-18-15-8-7-13(4-2)12-14(15)17-16(18)9-11-19/h7-8,12,19H,3-6,9-11H2,1-2H3. The van der Waals surface area contributed by atoms with Crippen molar-refractivity contribution in [2.24, 2.45) is 0 Å². The summed E-state index contributed by atoms with van der Waals surface area (Å²) in [4.78, 5) is 4.80. The number of nitrogens with zero attached hydrogens (tertiary/aromatic N) is 2. The van der Waals surface area contributed by atoms with Crippen molar-refractivity contribution in [3.63, 3.8) is 0 Å². The molecule has 0 amide bonds. The maximum atomic E-state index is 4.80. The van der Waals surface area contributed by atoms with Crippen LogP contribution in [0.25, 0.3) is 11.0 Å². The molecule has 1 aromatic carbocycles. The second-order valence-corrected chi connectivity index (χ2v) is 5.48. The van der Waals surface area contributed by atoms with Crippen LogP contribution in [-0.2, 0) is 19.4 Å². The summed E-state index contributed by atoms with van der Waals surface area (Å²) in [5, 5.41) is 0. The van der Waals surface area contributed by atoms with Crippen LogP contribution in [0.15, 0.2) is 18.2 Å². The molecular formula is C16H24N2S. The molecule has 0 saturated heterocycles. The van der Waals surface area contributed by atoms with Crippen LogP contribution in [0.3, 0.4) is 0 Å². The molecule has 19 heavy (non-hydrogen) atoms. The molecule has 104 valence electrons. The number of aryl methyl sites for hydroxylation is 3. The molecule has 1 heterocycles. The highest BCUT2D eigenvalue weighted by Crippen LogP contribution is 2.20. The number of hydrogen-bond donors (Lipinski definition) is 1. The monoisotopic (exact) mass is 276 g/mol. The highest BCUT2D eigenvalue weighted by molar-refractivity contribution is 7.80. The minimum Gasteiger partial charge on any atom is -0.328 e. The summed E-state index contributed by atoms with van der Waals surface area (Å²) < 4.78 is 2.39. The molecule has 0 saturated carbocycles. The van der Waals surface area contributed by atoms with Crippen molar-refractivity contribution >= 4 is 23.7 Å². The predicted octanol–water partition coefficient (Wildman–Crippen LogP) is 4.26. The van der Waals surface area contributed by atoms with Crippen LogP contribution in [0, 0.1) is 0 Å². The Hall–Kier alpha value is -0.960. The van der Waals surface area contributed by atoms with Gasteiger partial charge in [0, 0.05) is 13.0 Å². The normalized spacial score (nSPS) is 11.3. The van der Waals surface area contributed by atoms with Gasteiger partial charge in [-0.3, -0.25) is 0 Å². The maximum Gasteiger partial charge on any atom is 0.110 e. The number of rotatable bonds is 7. The van der Waals surface area contributed by atoms with Crippen LogP contribution in [0.4, 0.5) is 0 Å². The van der Waals surface area contributed by atoms with Crippen LogP contribution in [0.1, 0.15) is 44.5 Å². The van der Waals surface area contributed by atoms with E-state index in [0.29, 0.717) is 0 Å². The van der Waals surface area contributed by atoms with Crippen LogP contribution in [0.2, 0.25) is 0 Å². The van der Waals surface area contributed by atoms with E-state index in [-0.39, 0.29) is 0 Å². The molecule has 2 aromatic rings. The molecule has 0 N–H and O–H groups in total. The Morgan fingerprint density at radius 2 is 2.05 bits per heavy atom. The Balaban J connectivity index is 2.35. The summed E-state index contributed by atoms with van der Waals surface area (Å²) >= 11 is 4.36. The molecule has 0 bridgehead atoms. The molecule has 2 rings (SSSR count). The third kappa shape index (κ3) is 3.33. The zero-order valence-electron chi connectivity index (χ0n) is 12.0. The number of benzene rings is 1. The second kappa shape index (κ2) is 6.99. The van der Waals surface area contributed by atoms with Crippen molar-refractivity contribution in [3.8, 4) is 0 Å². The third-order valence-corrected chi connectivity index (χ3v) is 3.84. The Morgan fingerprint density at radius 1 is 1.21 bits per heavy atom. The van der Waals surface area contributed by atoms with E-state index in [9.17, 15) is 0 Å². The fourth-order valence-corrected chi connectivity index (χ4v) is 2.71. The van der Waals surface area contributed by atoms with Crippen molar-refractivity contribution in [3.05, 3.63) is 29.6 Å². The van der Waals surface area contributed by atoms with Crippen molar-refractivity contribution < 1.29 is 0 Å². The fraction of sp³-hybridized carbons (Fsp3) is 0.562. The SMILES string of the molecule is CCCCCn1c(CCS)nc2cc(CC)ccc21. The van der Waals surface area contributed by atoms with Gasteiger partial charge >= 0.3 is 0 Å². The van der Waals surface area contributed by atoms with E-state index >= 15 is 0 Å². The first-order valence-electron chi connectivity index (χ1n) is 7.39. The molecule has 2 nitrogen and oxygen atoms in total. The minimum atomic E-state index is 0.859. The Kier molecular flexibility index (Phi) is 5.32. The predicted molar refractivity (Wildman–Crippen MR) is 86.2 cm³/mol. The van der Waals surface area contributed by atoms with Crippen LogP contribution >= 0.6 is 12.6 Å². The summed E-state index contributed by atoms with van der Waals surface area (Å²) in [7, 11) is 0. The van der Waals surface area contributed by atoms with Gasteiger partial charge in [-0.05, 0) is 36.3 Å². The lowest BCUT2D eigenvalue weighted by atomic mass is 10.1. The fourth-order valence-electron chi connectivity index (χ4n) is 2.51. The van der Waals surface area contributed by atoms with Gasteiger partial charge in [-0.15, -0.1) is 0 Å². The molecule has 0 unspecified atom stereocenters. The first-order valence-corrected chi connectivity index (χ1v) is 8.02. The van der Waals surface area contributed by atoms with Crippen molar-refractivity contribution in [2.75, 3.05) is 5.75 Å². The van der Waals surface area contributed by atoms with Gasteiger partial charge in [0.25, 0.3) is 0 Å². The van der Waals surface area contributed by atoms with Crippen LogP contribution < -0.4 is 0 Å². The zero-order chi connectivity index (χ0) is 13.7. The number of aromatic nitrogens is 2. The lowest BCUT2D eigenvalue weighted by Crippen LogP contribution is -2.04. The lowest BCUT2D eigenvalue weighted by molar-refractivity contribution is 0.594. The van der Waals surface area contributed by atoms with E-state index < -0.39 is 0 Å². The van der Waals surface area contributed by atoms with Crippen LogP contribution in [0.5, 0.6) is 0 Å². The Bertz CT molecular complexity index is 531. The average Bonchev–Trinajstić information content (AvgIpc) is 2.76. The Labute approximate surface area is 121 Å². The van der Waals surface area contributed by atoms with E-state index in [1.807, 2.05) is 0 Å². The first-order chi connectivity index (χ1) is 9.30. The summed E-state index contributed by atoms with van der Waals surface area (Å²) in [6.07, 6.45) is 5.80. The number of fused-ring (bicyclic) bond motifs is 1. The number of thiol groups is 1. The summed E-state index contributed by atoms with van der Waals surface area (Å²) in [5.74, 6) is 2.05. The molecule has 0 aliphatic heterocycles. The van der Waals surface area contributed by atoms with Gasteiger partial charge in [-0.25, -0.2) is 4.98 Å². The van der Waals surface area contributed by atoms with Gasteiger partial charge in [0.1, 0.15) is 5.82 Å². The minimum absolute atomic E-state index is 0.859. The van der Waals surface area contributed by atoms with Crippen molar-refractivity contribution in [1.29, 1.82) is 0 Å². The first kappa shape index (κ1) is 14.4. The Morgan fingerprint density at radius 3 is 2.74 bits per heavy atom. The quantitative estimate of drug-likeness (QED) is 0.591. The smallest absolute Gasteiger partial charge is 0.110 e. The number of imidazole rings is 1. The van der Waals surface area contributed by atoms with Gasteiger partial charge in [0.15, 0.2) is 0 Å². The highest BCUT2D eigenvalue weighted by atomic mass is 32.1. The topological polar surface area (TPSA) is 17.8 Å². The lowest BCUT2D eigenvalue weighted by Gasteiger charge is -2.08. The van der Waals surface area contributed by atoms with Crippen molar-refractivity contribution in [1.82, 2.24) is 9.55 Å². The third-order valence-electron chi connectivity index (χ3n) is 3.62. The zero-order valence-corrected chi connectivity index (χ0v) is 12.9. The van der Waals surface area contributed by atoms with E-state index in [2.05, 4.69) is 49.2 Å². The second-order valence-electron chi connectivity index (χ2n) is 5.04. The molecule has 0 spiro atoms. The molecule has 1 aromatic heterocycles. The van der Waals surface area contributed by atoms with Gasteiger partial charge in [-0.2, -0.15) is 12.6 Å². The molecule has 0 radical (unpaired) electrons. The van der Waals surface area contributed by atoms with E-state index in [0.717, 1.165) is 30.7 Å². The van der Waals surface area contributed by atoms with E-state index in [4.69, 9.17) is 4.98 Å². The van der Waals surface area contributed by atoms with Gasteiger partial charge in [-0.1, -0.05) is 32.8 Å². The van der Waals surface area contributed by atoms with Crippen molar-refractivity contribution in [2.45, 2.75) is 52.5 Å². The van der Waals surface area contributed by atoms with Gasteiger partial charge < -0.3 is 4.57 Å². The molecule has 3 heteroatoms. The summed E-state index contributed by atoms with van der Waals surface area (Å²) in [6.45, 7) is 5.52. The molecule has 0 aliphatic carbocycles. The summed E-state index contributed by atoms with van der Waals surface area (Å²) in [6, 6.07) is 6.69. The highest BCUT2D eigenvalue weighted by Gasteiger charge is 2.10. The van der Waals surface area contributed by atoms with Gasteiger partial charge in [0.2, 0.25) is 0 Å². The van der Waals surface area contributed by atoms with E-state index in [1.165, 1.54) is 36.2 Å². The molecular weight excluding hydrogens is 252 g/mol. The molecule has 0 aliphatic rings. The molecule has 0 atom stereocenters. The van der Waals surface area contributed by atoms with Gasteiger partial charge in [0.05, 0.1) is 11.0 Å². The largest absolute Gasteiger partial charge is 0.328 e. The van der Waals surface area contributed by atoms with Crippen LogP contribution in [-0.4, -0.2) is 15.3 Å². The summed E-state index contributed by atoms with van der Waals surface area (Å²) in [5.41, 5.74) is 3.79. The maximum absolute atomic E-state index is 4.80. The van der Waals surface area contributed by atoms with E-state index in [1.54, 1.807) is 0 Å². The molecule has 0 fully saturated rings. The average molecular weight is 276 g/mol. The number of unbranched alkanes of at least 4 members (excludes halogenated alkanes) is 2. The number of hydrogen-bond acceptors (Lipinski definition) is 2.